The molecule has 11 heteroatoms. The first-order valence-electron chi connectivity index (χ1n) is 9.98. The number of carbonyl (C=O) groups is 1. The Morgan fingerprint density at radius 2 is 2.12 bits per heavy atom. The van der Waals surface area contributed by atoms with Crippen LogP contribution >= 0.6 is 0 Å². The molecule has 0 spiro atoms. The van der Waals surface area contributed by atoms with Crippen molar-refractivity contribution in [2.75, 3.05) is 4.90 Å². The van der Waals surface area contributed by atoms with E-state index < -0.39 is 29.9 Å². The lowest BCUT2D eigenvalue weighted by Gasteiger charge is -2.34. The third kappa shape index (κ3) is 3.78. The molecular formula is C21H19F3N6O2. The van der Waals surface area contributed by atoms with Crippen molar-refractivity contribution < 1.29 is 23.1 Å². The Kier molecular flexibility index (Phi) is 5.56. The van der Waals surface area contributed by atoms with Crippen LogP contribution in [-0.4, -0.2) is 49.5 Å². The summed E-state index contributed by atoms with van der Waals surface area (Å²) in [7, 11) is 0. The molecule has 1 saturated carbocycles. The van der Waals surface area contributed by atoms with Crippen LogP contribution in [0.4, 0.5) is 19.1 Å². The topological polar surface area (TPSA) is 119 Å². The van der Waals surface area contributed by atoms with Crippen molar-refractivity contribution in [3.05, 3.63) is 35.8 Å². The third-order valence-corrected chi connectivity index (χ3v) is 5.68. The van der Waals surface area contributed by atoms with Gasteiger partial charge in [0.1, 0.15) is 18.0 Å². The van der Waals surface area contributed by atoms with Crippen molar-refractivity contribution in [1.82, 2.24) is 19.9 Å². The fourth-order valence-electron chi connectivity index (χ4n) is 4.08. The second-order valence-electron chi connectivity index (χ2n) is 7.71. The molecule has 3 aromatic rings. The van der Waals surface area contributed by atoms with Crippen LogP contribution in [0.3, 0.4) is 0 Å². The summed E-state index contributed by atoms with van der Waals surface area (Å²) >= 11 is 0. The van der Waals surface area contributed by atoms with Crippen molar-refractivity contribution in [3.63, 3.8) is 0 Å². The molecule has 166 valence electrons. The lowest BCUT2D eigenvalue weighted by atomic mass is 10.1. The largest absolute Gasteiger partial charge is 0.417 e. The van der Waals surface area contributed by atoms with Gasteiger partial charge in [0.15, 0.2) is 0 Å². The highest BCUT2D eigenvalue weighted by Gasteiger charge is 2.36. The predicted octanol–water partition coefficient (Wildman–Crippen LogP) is 3.22. The number of halogens is 3. The molecule has 0 radical (unpaired) electrons. The molecular weight excluding hydrogens is 425 g/mol. The lowest BCUT2D eigenvalue weighted by Crippen LogP contribution is -2.47. The van der Waals surface area contributed by atoms with E-state index in [1.54, 1.807) is 11.8 Å². The second kappa shape index (κ2) is 8.20. The van der Waals surface area contributed by atoms with Gasteiger partial charge < -0.3 is 19.8 Å². The SMILES string of the molecule is C[C@H](C=O)N(c1ncc(C#N)c(-c2c[nH]c3ncc(C(F)(F)F)cc23)n1)C1CCCC1O. The summed E-state index contributed by atoms with van der Waals surface area (Å²) in [5.74, 6) is 0.110. The van der Waals surface area contributed by atoms with E-state index in [-0.39, 0.29) is 33.8 Å². The number of aliphatic hydroxyl groups is 1. The zero-order valence-corrected chi connectivity index (χ0v) is 17.0. The predicted molar refractivity (Wildman–Crippen MR) is 108 cm³/mol. The number of aromatic amines is 1. The molecule has 4 rings (SSSR count). The monoisotopic (exact) mass is 444 g/mol. The Labute approximate surface area is 180 Å². The van der Waals surface area contributed by atoms with Gasteiger partial charge in [0.05, 0.1) is 41.2 Å². The molecule has 8 nitrogen and oxygen atoms in total. The van der Waals surface area contributed by atoms with E-state index in [1.807, 2.05) is 6.07 Å². The van der Waals surface area contributed by atoms with E-state index in [1.165, 1.54) is 12.4 Å². The molecule has 1 aliphatic rings. The average Bonchev–Trinajstić information content (AvgIpc) is 3.39. The van der Waals surface area contributed by atoms with Gasteiger partial charge in [-0.15, -0.1) is 0 Å². The highest BCUT2D eigenvalue weighted by molar-refractivity contribution is 5.94. The molecule has 0 amide bonds. The quantitative estimate of drug-likeness (QED) is 0.580. The van der Waals surface area contributed by atoms with Gasteiger partial charge in [-0.2, -0.15) is 18.4 Å². The van der Waals surface area contributed by atoms with Gasteiger partial charge in [-0.1, -0.05) is 0 Å². The van der Waals surface area contributed by atoms with Crippen molar-refractivity contribution in [2.24, 2.45) is 0 Å². The van der Waals surface area contributed by atoms with E-state index >= 15 is 0 Å². The summed E-state index contributed by atoms with van der Waals surface area (Å²) < 4.78 is 39.7. The number of aldehydes is 1. The molecule has 0 bridgehead atoms. The van der Waals surface area contributed by atoms with Gasteiger partial charge in [-0.3, -0.25) is 0 Å². The summed E-state index contributed by atoms with van der Waals surface area (Å²) in [5.41, 5.74) is -0.298. The molecule has 2 unspecified atom stereocenters. The van der Waals surface area contributed by atoms with Gasteiger partial charge in [0.2, 0.25) is 5.95 Å². The molecule has 3 atom stereocenters. The van der Waals surface area contributed by atoms with Crippen molar-refractivity contribution in [2.45, 2.75) is 50.6 Å². The number of hydrogen-bond acceptors (Lipinski definition) is 7. The number of alkyl halides is 3. The number of nitriles is 1. The van der Waals surface area contributed by atoms with Gasteiger partial charge in [0.25, 0.3) is 0 Å². The Balaban J connectivity index is 1.88. The number of aliphatic hydroxyl groups excluding tert-OH is 1. The average molecular weight is 444 g/mol. The van der Waals surface area contributed by atoms with Gasteiger partial charge >= 0.3 is 6.18 Å². The summed E-state index contributed by atoms with van der Waals surface area (Å²) in [6, 6.07) is 1.86. The first-order chi connectivity index (χ1) is 15.2. The van der Waals surface area contributed by atoms with E-state index in [0.717, 1.165) is 18.7 Å². The number of pyridine rings is 1. The van der Waals surface area contributed by atoms with Crippen molar-refractivity contribution in [1.29, 1.82) is 5.26 Å². The smallest absolute Gasteiger partial charge is 0.391 e. The maximum absolute atomic E-state index is 13.2. The summed E-state index contributed by atoms with van der Waals surface area (Å²) in [6.45, 7) is 1.64. The molecule has 32 heavy (non-hydrogen) atoms. The summed E-state index contributed by atoms with van der Waals surface area (Å²) in [6.07, 6.45) is 0.850. The first kappa shape index (κ1) is 21.7. The van der Waals surface area contributed by atoms with Crippen LogP contribution in [0, 0.1) is 11.3 Å². The Bertz CT molecular complexity index is 1200. The molecule has 0 aliphatic heterocycles. The van der Waals surface area contributed by atoms with Crippen molar-refractivity contribution >= 4 is 23.3 Å². The van der Waals surface area contributed by atoms with E-state index in [2.05, 4.69) is 19.9 Å². The fraction of sp³-hybridized carbons (Fsp3) is 0.381. The minimum Gasteiger partial charge on any atom is -0.391 e. The molecule has 1 fully saturated rings. The Hall–Kier alpha value is -3.52. The van der Waals surface area contributed by atoms with Crippen LogP contribution in [0.25, 0.3) is 22.3 Å². The Morgan fingerprint density at radius 3 is 2.75 bits per heavy atom. The summed E-state index contributed by atoms with van der Waals surface area (Å²) in [5, 5.41) is 20.1. The molecule has 0 aromatic carbocycles. The van der Waals surface area contributed by atoms with E-state index in [4.69, 9.17) is 0 Å². The number of carbonyl (C=O) groups excluding carboxylic acids is 1. The number of hydrogen-bond donors (Lipinski definition) is 2. The fourth-order valence-corrected chi connectivity index (χ4v) is 4.08. The minimum atomic E-state index is -4.58. The van der Waals surface area contributed by atoms with Gasteiger partial charge in [-0.25, -0.2) is 15.0 Å². The van der Waals surface area contributed by atoms with Crippen LogP contribution in [-0.2, 0) is 11.0 Å². The second-order valence-corrected chi connectivity index (χ2v) is 7.71. The van der Waals surface area contributed by atoms with Gasteiger partial charge in [0, 0.05) is 23.3 Å². The highest BCUT2D eigenvalue weighted by atomic mass is 19.4. The van der Waals surface area contributed by atoms with E-state index in [0.29, 0.717) is 19.1 Å². The number of aromatic nitrogens is 4. The van der Waals surface area contributed by atoms with Crippen LogP contribution < -0.4 is 4.90 Å². The number of anilines is 1. The van der Waals surface area contributed by atoms with Crippen LogP contribution in [0.1, 0.15) is 37.3 Å². The molecule has 3 aromatic heterocycles. The normalized spacial score (nSPS) is 19.6. The Morgan fingerprint density at radius 1 is 1.34 bits per heavy atom. The van der Waals surface area contributed by atoms with E-state index in [9.17, 15) is 28.3 Å². The minimum absolute atomic E-state index is 0.0535. The third-order valence-electron chi connectivity index (χ3n) is 5.68. The standard InChI is InChI=1S/C21H19F3N6O2/c1-11(10-31)30(16-3-2-4-17(16)32)20-28-7-12(6-25)18(29-20)15-9-27-19-14(15)5-13(8-26-19)21(22,23)24/h5,7-11,16-17,32H,2-4H2,1H3,(H,26,27)/t11-,16?,17?/m1/s1. The van der Waals surface area contributed by atoms with Crippen molar-refractivity contribution in [3.8, 4) is 17.3 Å². The number of H-pyrrole nitrogens is 1. The highest BCUT2D eigenvalue weighted by Crippen LogP contribution is 2.36. The maximum Gasteiger partial charge on any atom is 0.417 e. The maximum atomic E-state index is 13.2. The van der Waals surface area contributed by atoms with Crippen LogP contribution in [0.5, 0.6) is 0 Å². The number of nitrogens with one attached hydrogen (secondary N) is 1. The number of nitrogens with zero attached hydrogens (tertiary/aromatic N) is 5. The summed E-state index contributed by atoms with van der Waals surface area (Å²) in [4.78, 5) is 28.5. The van der Waals surface area contributed by atoms with Crippen LogP contribution in [0.15, 0.2) is 24.7 Å². The first-order valence-corrected chi connectivity index (χ1v) is 9.98. The molecule has 1 aliphatic carbocycles. The zero-order valence-electron chi connectivity index (χ0n) is 17.0. The lowest BCUT2D eigenvalue weighted by molar-refractivity contribution is -0.137. The molecule has 2 N–H and O–H groups in total. The number of rotatable bonds is 5. The zero-order chi connectivity index (χ0) is 23.0. The van der Waals surface area contributed by atoms with Crippen LogP contribution in [0.2, 0.25) is 0 Å². The number of fused-ring (bicyclic) bond motifs is 1. The molecule has 0 saturated heterocycles. The van der Waals surface area contributed by atoms with Gasteiger partial charge in [-0.05, 0) is 32.3 Å². The molecule has 3 heterocycles.